The summed E-state index contributed by atoms with van der Waals surface area (Å²) in [7, 11) is 0. The van der Waals surface area contributed by atoms with E-state index < -0.39 is 5.41 Å². The molecule has 1 amide bonds. The first-order chi connectivity index (χ1) is 16.2. The fourth-order valence-corrected chi connectivity index (χ4v) is 5.23. The molecule has 2 heterocycles. The quantitative estimate of drug-likeness (QED) is 0.513. The van der Waals surface area contributed by atoms with Crippen molar-refractivity contribution in [1.29, 1.82) is 0 Å². The van der Waals surface area contributed by atoms with Gasteiger partial charge in [0.2, 0.25) is 12.7 Å². The van der Waals surface area contributed by atoms with Gasteiger partial charge >= 0.3 is 0 Å². The molecule has 5 heteroatoms. The van der Waals surface area contributed by atoms with E-state index in [1.54, 1.807) is 0 Å². The molecule has 1 N–H and O–H groups in total. The molecule has 5 nitrogen and oxygen atoms in total. The number of hydrogen-bond acceptors (Lipinski definition) is 4. The van der Waals surface area contributed by atoms with Crippen molar-refractivity contribution in [3.63, 3.8) is 0 Å². The van der Waals surface area contributed by atoms with Crippen molar-refractivity contribution in [2.75, 3.05) is 12.1 Å². The minimum Gasteiger partial charge on any atom is -0.454 e. The number of pyridine rings is 1. The molecule has 2 aliphatic carbocycles. The van der Waals surface area contributed by atoms with Crippen LogP contribution in [0.4, 0.5) is 5.82 Å². The number of fused-ring (bicyclic) bond motifs is 1. The molecule has 0 spiro atoms. The number of carbonyl (C=O) groups is 1. The number of anilines is 1. The van der Waals surface area contributed by atoms with Gasteiger partial charge in [-0.1, -0.05) is 55.7 Å². The van der Waals surface area contributed by atoms with Crippen molar-refractivity contribution >= 4 is 11.7 Å². The molecule has 6 rings (SSSR count). The molecule has 1 aromatic heterocycles. The minimum atomic E-state index is -0.514. The fourth-order valence-electron chi connectivity index (χ4n) is 5.23. The number of amides is 1. The zero-order chi connectivity index (χ0) is 22.3. The van der Waals surface area contributed by atoms with Gasteiger partial charge in [0.05, 0.1) is 11.1 Å². The number of nitrogens with zero attached hydrogens (tertiary/aromatic N) is 1. The topological polar surface area (TPSA) is 60.5 Å². The normalized spacial score (nSPS) is 18.7. The molecular weight excluding hydrogens is 412 g/mol. The summed E-state index contributed by atoms with van der Waals surface area (Å²) in [5.41, 5.74) is 3.83. The number of nitrogens with one attached hydrogen (secondary N) is 1. The molecule has 168 valence electrons. The predicted molar refractivity (Wildman–Crippen MR) is 128 cm³/mol. The Hall–Kier alpha value is -3.34. The van der Waals surface area contributed by atoms with Crippen LogP contribution in [-0.4, -0.2) is 17.7 Å². The SMILES string of the molecule is O=C(Nc1cccc(-c2ccc(C3CCCCC3)cc2)n1)C1(c2ccc3c(c2)OCO3)CC1. The van der Waals surface area contributed by atoms with Crippen LogP contribution in [-0.2, 0) is 10.2 Å². The lowest BCUT2D eigenvalue weighted by molar-refractivity contribution is -0.118. The van der Waals surface area contributed by atoms with E-state index in [9.17, 15) is 4.79 Å². The Balaban J connectivity index is 1.18. The maximum absolute atomic E-state index is 13.2. The Kier molecular flexibility index (Phi) is 5.05. The molecule has 0 atom stereocenters. The van der Waals surface area contributed by atoms with Crippen molar-refractivity contribution < 1.29 is 14.3 Å². The van der Waals surface area contributed by atoms with Gasteiger partial charge in [-0.25, -0.2) is 4.98 Å². The van der Waals surface area contributed by atoms with E-state index in [1.807, 2.05) is 36.4 Å². The zero-order valence-corrected chi connectivity index (χ0v) is 18.7. The van der Waals surface area contributed by atoms with Crippen LogP contribution in [0.25, 0.3) is 11.3 Å². The Morgan fingerprint density at radius 1 is 0.909 bits per heavy atom. The lowest BCUT2D eigenvalue weighted by Gasteiger charge is -2.22. The summed E-state index contributed by atoms with van der Waals surface area (Å²) in [6.07, 6.45) is 8.27. The van der Waals surface area contributed by atoms with Gasteiger partial charge < -0.3 is 14.8 Å². The van der Waals surface area contributed by atoms with E-state index in [0.29, 0.717) is 17.5 Å². The van der Waals surface area contributed by atoms with Crippen LogP contribution in [0.15, 0.2) is 60.7 Å². The number of hydrogen-bond donors (Lipinski definition) is 1. The second-order valence-corrected chi connectivity index (χ2v) is 9.47. The van der Waals surface area contributed by atoms with Gasteiger partial charge in [0, 0.05) is 5.56 Å². The number of ether oxygens (including phenoxy) is 2. The van der Waals surface area contributed by atoms with Crippen molar-refractivity contribution in [3.8, 4) is 22.8 Å². The molecule has 2 fully saturated rings. The van der Waals surface area contributed by atoms with Gasteiger partial charge in [0.1, 0.15) is 5.82 Å². The van der Waals surface area contributed by atoms with Crippen LogP contribution in [0, 0.1) is 0 Å². The summed E-state index contributed by atoms with van der Waals surface area (Å²) < 4.78 is 10.9. The predicted octanol–water partition coefficient (Wildman–Crippen LogP) is 6.20. The average molecular weight is 441 g/mol. The Bertz CT molecular complexity index is 1180. The lowest BCUT2D eigenvalue weighted by atomic mass is 9.84. The monoisotopic (exact) mass is 440 g/mol. The molecule has 3 aromatic rings. The van der Waals surface area contributed by atoms with Crippen LogP contribution < -0.4 is 14.8 Å². The van der Waals surface area contributed by atoms with Crippen LogP contribution in [0.3, 0.4) is 0 Å². The number of aromatic nitrogens is 1. The second-order valence-electron chi connectivity index (χ2n) is 9.47. The van der Waals surface area contributed by atoms with Gasteiger partial charge in [-0.3, -0.25) is 4.79 Å². The third-order valence-electron chi connectivity index (χ3n) is 7.38. The zero-order valence-electron chi connectivity index (χ0n) is 18.7. The molecule has 3 aliphatic rings. The summed E-state index contributed by atoms with van der Waals surface area (Å²) >= 11 is 0. The highest BCUT2D eigenvalue weighted by atomic mass is 16.7. The van der Waals surface area contributed by atoms with Crippen molar-refractivity contribution in [1.82, 2.24) is 4.98 Å². The van der Waals surface area contributed by atoms with Crippen molar-refractivity contribution in [2.45, 2.75) is 56.3 Å². The first-order valence-electron chi connectivity index (χ1n) is 12.0. The largest absolute Gasteiger partial charge is 0.454 e. The molecule has 33 heavy (non-hydrogen) atoms. The summed E-state index contributed by atoms with van der Waals surface area (Å²) in [4.78, 5) is 18.0. The molecule has 0 unspecified atom stereocenters. The van der Waals surface area contributed by atoms with E-state index in [2.05, 4.69) is 29.6 Å². The van der Waals surface area contributed by atoms with Gasteiger partial charge in [0.25, 0.3) is 0 Å². The van der Waals surface area contributed by atoms with E-state index in [1.165, 1.54) is 37.7 Å². The fraction of sp³-hybridized carbons (Fsp3) is 0.357. The summed E-state index contributed by atoms with van der Waals surface area (Å²) in [6, 6.07) is 20.4. The number of carbonyl (C=O) groups excluding carboxylic acids is 1. The van der Waals surface area contributed by atoms with Crippen molar-refractivity contribution in [2.24, 2.45) is 0 Å². The Morgan fingerprint density at radius 3 is 2.48 bits per heavy atom. The smallest absolute Gasteiger partial charge is 0.236 e. The summed E-state index contributed by atoms with van der Waals surface area (Å²) in [5.74, 6) is 2.71. The average Bonchev–Trinajstić information content (AvgIpc) is 3.56. The van der Waals surface area contributed by atoms with Crippen LogP contribution in [0.1, 0.15) is 62.0 Å². The summed E-state index contributed by atoms with van der Waals surface area (Å²) in [5, 5.41) is 3.06. The first kappa shape index (κ1) is 20.3. The lowest BCUT2D eigenvalue weighted by Crippen LogP contribution is -2.28. The Morgan fingerprint density at radius 2 is 1.70 bits per heavy atom. The third kappa shape index (κ3) is 3.86. The van der Waals surface area contributed by atoms with Gasteiger partial charge in [-0.2, -0.15) is 0 Å². The van der Waals surface area contributed by atoms with Crippen molar-refractivity contribution in [3.05, 3.63) is 71.8 Å². The van der Waals surface area contributed by atoms with E-state index in [4.69, 9.17) is 14.5 Å². The van der Waals surface area contributed by atoms with E-state index in [-0.39, 0.29) is 12.7 Å². The molecule has 0 radical (unpaired) electrons. The van der Waals surface area contributed by atoms with Gasteiger partial charge in [0.15, 0.2) is 11.5 Å². The third-order valence-corrected chi connectivity index (χ3v) is 7.38. The van der Waals surface area contributed by atoms with Gasteiger partial charge in [-0.05, 0) is 67.0 Å². The Labute approximate surface area is 194 Å². The highest BCUT2D eigenvalue weighted by Crippen LogP contribution is 2.51. The van der Waals surface area contributed by atoms with Crippen LogP contribution in [0.2, 0.25) is 0 Å². The second kappa shape index (κ2) is 8.22. The molecule has 0 bridgehead atoms. The highest BCUT2D eigenvalue weighted by molar-refractivity contribution is 6.01. The van der Waals surface area contributed by atoms with Crippen LogP contribution >= 0.6 is 0 Å². The maximum Gasteiger partial charge on any atom is 0.236 e. The molecule has 1 aliphatic heterocycles. The molecule has 2 saturated carbocycles. The molecule has 2 aromatic carbocycles. The van der Waals surface area contributed by atoms with E-state index in [0.717, 1.165) is 35.4 Å². The molecular formula is C28H28N2O3. The summed E-state index contributed by atoms with van der Waals surface area (Å²) in [6.45, 7) is 0.232. The molecule has 0 saturated heterocycles. The highest BCUT2D eigenvalue weighted by Gasteiger charge is 2.51. The van der Waals surface area contributed by atoms with E-state index >= 15 is 0 Å². The maximum atomic E-state index is 13.2. The minimum absolute atomic E-state index is 0.0151. The van der Waals surface area contributed by atoms with Crippen LogP contribution in [0.5, 0.6) is 11.5 Å². The first-order valence-corrected chi connectivity index (χ1v) is 12.0. The number of benzene rings is 2. The van der Waals surface area contributed by atoms with Gasteiger partial charge in [-0.15, -0.1) is 0 Å². The number of rotatable bonds is 5. The standard InChI is InChI=1S/C28H28N2O3/c31-27(28(15-16-28)22-13-14-24-25(17-22)33-18-32-24)30-26-8-4-7-23(29-26)21-11-9-20(10-12-21)19-5-2-1-3-6-19/h4,7-14,17,19H,1-3,5-6,15-16,18H2,(H,29,30,31).